The predicted octanol–water partition coefficient (Wildman–Crippen LogP) is 3.99. The highest BCUT2D eigenvalue weighted by Gasteiger charge is 2.24. The number of hydrogen-bond acceptors (Lipinski definition) is 4. The van der Waals surface area contributed by atoms with Crippen LogP contribution in [0.25, 0.3) is 6.08 Å². The standard InChI is InChI=1S/C14H7BrINO3/c15-10-6-8(3-4-11(10)16)13-17-12(14(18)20-13)7-9-2-1-5-19-9/h1-7H/b12-7-. The Morgan fingerprint density at radius 3 is 2.85 bits per heavy atom. The van der Waals surface area contributed by atoms with E-state index in [0.29, 0.717) is 11.7 Å². The highest BCUT2D eigenvalue weighted by atomic mass is 127. The Balaban J connectivity index is 1.96. The molecule has 0 unspecified atom stereocenters. The molecule has 0 bridgehead atoms. The maximum Gasteiger partial charge on any atom is 0.363 e. The van der Waals surface area contributed by atoms with E-state index >= 15 is 0 Å². The molecule has 0 amide bonds. The van der Waals surface area contributed by atoms with Crippen LogP contribution in [-0.2, 0) is 9.53 Å². The summed E-state index contributed by atoms with van der Waals surface area (Å²) in [7, 11) is 0. The van der Waals surface area contributed by atoms with Crippen LogP contribution < -0.4 is 0 Å². The lowest BCUT2D eigenvalue weighted by molar-refractivity contribution is -0.129. The number of carbonyl (C=O) groups excluding carboxylic acids is 1. The lowest BCUT2D eigenvalue weighted by Crippen LogP contribution is -2.05. The van der Waals surface area contributed by atoms with Gasteiger partial charge in [-0.2, -0.15) is 0 Å². The Labute approximate surface area is 136 Å². The summed E-state index contributed by atoms with van der Waals surface area (Å²) in [5, 5.41) is 0. The second-order valence-corrected chi connectivity index (χ2v) is 6.00. The molecule has 3 rings (SSSR count). The first-order chi connectivity index (χ1) is 9.63. The zero-order valence-electron chi connectivity index (χ0n) is 9.97. The second-order valence-electron chi connectivity index (χ2n) is 3.98. The minimum absolute atomic E-state index is 0.227. The first kappa shape index (κ1) is 13.6. The van der Waals surface area contributed by atoms with Crippen molar-refractivity contribution in [3.63, 3.8) is 0 Å². The molecule has 6 heteroatoms. The summed E-state index contributed by atoms with van der Waals surface area (Å²) < 4.78 is 12.3. The van der Waals surface area contributed by atoms with Gasteiger partial charge >= 0.3 is 5.97 Å². The smallest absolute Gasteiger partial charge is 0.363 e. The van der Waals surface area contributed by atoms with Crippen molar-refractivity contribution in [3.05, 3.63) is 61.7 Å². The molecular weight excluding hydrogens is 437 g/mol. The van der Waals surface area contributed by atoms with Gasteiger partial charge in [0, 0.05) is 19.7 Å². The minimum atomic E-state index is -0.480. The average Bonchev–Trinajstić information content (AvgIpc) is 3.04. The molecule has 0 radical (unpaired) electrons. The molecule has 0 fully saturated rings. The zero-order valence-corrected chi connectivity index (χ0v) is 13.7. The molecule has 1 aromatic heterocycles. The van der Waals surface area contributed by atoms with E-state index in [0.717, 1.165) is 13.6 Å². The van der Waals surface area contributed by atoms with E-state index in [4.69, 9.17) is 9.15 Å². The molecule has 2 aromatic rings. The van der Waals surface area contributed by atoms with Crippen LogP contribution >= 0.6 is 38.5 Å². The van der Waals surface area contributed by atoms with Crippen LogP contribution in [0.1, 0.15) is 11.3 Å². The number of carbonyl (C=O) groups is 1. The molecule has 100 valence electrons. The second kappa shape index (κ2) is 5.53. The number of esters is 1. The highest BCUT2D eigenvalue weighted by Crippen LogP contribution is 2.24. The molecule has 1 aliphatic heterocycles. The van der Waals surface area contributed by atoms with Crippen LogP contribution in [0.4, 0.5) is 0 Å². The van der Waals surface area contributed by atoms with Gasteiger partial charge in [0.25, 0.3) is 0 Å². The van der Waals surface area contributed by atoms with Crippen molar-refractivity contribution < 1.29 is 13.9 Å². The Hall–Kier alpha value is -1.41. The van der Waals surface area contributed by atoms with Crippen molar-refractivity contribution in [1.82, 2.24) is 0 Å². The number of nitrogens with zero attached hydrogens (tertiary/aromatic N) is 1. The van der Waals surface area contributed by atoms with E-state index in [1.807, 2.05) is 18.2 Å². The Morgan fingerprint density at radius 2 is 2.15 bits per heavy atom. The first-order valence-electron chi connectivity index (χ1n) is 5.65. The molecule has 4 nitrogen and oxygen atoms in total. The quantitative estimate of drug-likeness (QED) is 0.400. The van der Waals surface area contributed by atoms with Gasteiger partial charge in [0.15, 0.2) is 5.70 Å². The van der Waals surface area contributed by atoms with Gasteiger partial charge in [0.2, 0.25) is 5.90 Å². The topological polar surface area (TPSA) is 51.8 Å². The monoisotopic (exact) mass is 443 g/mol. The van der Waals surface area contributed by atoms with Gasteiger partial charge in [-0.25, -0.2) is 9.79 Å². The first-order valence-corrected chi connectivity index (χ1v) is 7.52. The van der Waals surface area contributed by atoms with Crippen LogP contribution in [0.2, 0.25) is 0 Å². The highest BCUT2D eigenvalue weighted by molar-refractivity contribution is 14.1. The molecule has 1 aliphatic rings. The zero-order chi connectivity index (χ0) is 14.1. The summed E-state index contributed by atoms with van der Waals surface area (Å²) in [6.07, 6.45) is 3.09. The van der Waals surface area contributed by atoms with Crippen molar-refractivity contribution in [3.8, 4) is 0 Å². The maximum absolute atomic E-state index is 11.8. The SMILES string of the molecule is O=C1OC(c2ccc(I)c(Br)c2)=N/C1=C\c1ccco1. The predicted molar refractivity (Wildman–Crippen MR) is 86.2 cm³/mol. The Kier molecular flexibility index (Phi) is 3.75. The maximum atomic E-state index is 11.8. The lowest BCUT2D eigenvalue weighted by atomic mass is 10.2. The number of halogens is 2. The van der Waals surface area contributed by atoms with Gasteiger partial charge in [0.05, 0.1) is 6.26 Å². The van der Waals surface area contributed by atoms with E-state index < -0.39 is 5.97 Å². The van der Waals surface area contributed by atoms with Gasteiger partial charge in [-0.1, -0.05) is 0 Å². The van der Waals surface area contributed by atoms with Gasteiger partial charge in [-0.3, -0.25) is 0 Å². The number of aliphatic imine (C=N–C) groups is 1. The van der Waals surface area contributed by atoms with Crippen molar-refractivity contribution >= 4 is 56.5 Å². The Bertz CT molecular complexity index is 735. The summed E-state index contributed by atoms with van der Waals surface area (Å²) in [5.41, 5.74) is 0.970. The summed E-state index contributed by atoms with van der Waals surface area (Å²) in [6.45, 7) is 0. The lowest BCUT2D eigenvalue weighted by Gasteiger charge is -2.01. The van der Waals surface area contributed by atoms with E-state index in [-0.39, 0.29) is 5.70 Å². The van der Waals surface area contributed by atoms with Crippen molar-refractivity contribution in [2.75, 3.05) is 0 Å². The van der Waals surface area contributed by atoms with E-state index in [1.165, 1.54) is 6.26 Å². The number of cyclic esters (lactones) is 1. The molecule has 0 spiro atoms. The van der Waals surface area contributed by atoms with Crippen LogP contribution in [0, 0.1) is 3.57 Å². The van der Waals surface area contributed by atoms with E-state index in [2.05, 4.69) is 43.5 Å². The molecule has 20 heavy (non-hydrogen) atoms. The van der Waals surface area contributed by atoms with Crippen LogP contribution in [-0.4, -0.2) is 11.9 Å². The molecule has 1 aromatic carbocycles. The molecule has 0 saturated carbocycles. The molecule has 2 heterocycles. The average molecular weight is 444 g/mol. The minimum Gasteiger partial charge on any atom is -0.465 e. The van der Waals surface area contributed by atoms with Gasteiger partial charge in [0.1, 0.15) is 5.76 Å². The third kappa shape index (κ3) is 2.71. The third-order valence-electron chi connectivity index (χ3n) is 2.61. The summed E-state index contributed by atoms with van der Waals surface area (Å²) in [6, 6.07) is 9.13. The normalized spacial score (nSPS) is 16.4. The fraction of sp³-hybridized carbons (Fsp3) is 0. The molecular formula is C14H7BrINO3. The van der Waals surface area contributed by atoms with Crippen LogP contribution in [0.5, 0.6) is 0 Å². The molecule has 0 aliphatic carbocycles. The van der Waals surface area contributed by atoms with E-state index in [9.17, 15) is 4.79 Å². The molecule has 0 atom stereocenters. The number of furan rings is 1. The van der Waals surface area contributed by atoms with Crippen molar-refractivity contribution in [1.29, 1.82) is 0 Å². The Morgan fingerprint density at radius 1 is 1.30 bits per heavy atom. The summed E-state index contributed by atoms with van der Waals surface area (Å²) >= 11 is 5.65. The fourth-order valence-electron chi connectivity index (χ4n) is 1.67. The largest absolute Gasteiger partial charge is 0.465 e. The van der Waals surface area contributed by atoms with Crippen LogP contribution in [0.15, 0.2) is 56.2 Å². The van der Waals surface area contributed by atoms with Crippen LogP contribution in [0.3, 0.4) is 0 Å². The third-order valence-corrected chi connectivity index (χ3v) is 4.95. The fourth-order valence-corrected chi connectivity index (χ4v) is 2.38. The van der Waals surface area contributed by atoms with Crippen molar-refractivity contribution in [2.45, 2.75) is 0 Å². The summed E-state index contributed by atoms with van der Waals surface area (Å²) in [5.74, 6) is 0.377. The van der Waals surface area contributed by atoms with Gasteiger partial charge in [-0.15, -0.1) is 0 Å². The number of hydrogen-bond donors (Lipinski definition) is 0. The van der Waals surface area contributed by atoms with Gasteiger partial charge in [-0.05, 0) is 68.9 Å². The molecule has 0 N–H and O–H groups in total. The molecule has 0 saturated heterocycles. The van der Waals surface area contributed by atoms with Gasteiger partial charge < -0.3 is 9.15 Å². The summed E-state index contributed by atoms with van der Waals surface area (Å²) in [4.78, 5) is 16.0. The van der Waals surface area contributed by atoms with Crippen molar-refractivity contribution in [2.24, 2.45) is 4.99 Å². The number of rotatable bonds is 2. The number of ether oxygens (including phenoxy) is 1. The van der Waals surface area contributed by atoms with E-state index in [1.54, 1.807) is 18.2 Å². The number of benzene rings is 1.